The number of amides is 3. The summed E-state index contributed by atoms with van der Waals surface area (Å²) < 4.78 is 0. The maximum absolute atomic E-state index is 12.1. The highest BCUT2D eigenvalue weighted by molar-refractivity contribution is 5.91. The topological polar surface area (TPSA) is 85.8 Å². The van der Waals surface area contributed by atoms with E-state index in [-0.39, 0.29) is 12.1 Å². The lowest BCUT2D eigenvalue weighted by Gasteiger charge is -2.39. The first-order valence-corrected chi connectivity index (χ1v) is 6.64. The molecule has 3 amide bonds. The molecule has 0 radical (unpaired) electrons. The van der Waals surface area contributed by atoms with Gasteiger partial charge in [-0.25, -0.2) is 14.6 Å². The van der Waals surface area contributed by atoms with E-state index in [1.54, 1.807) is 11.1 Å². The number of pyridine rings is 1. The quantitative estimate of drug-likeness (QED) is 0.815. The van der Waals surface area contributed by atoms with Gasteiger partial charge in [0.05, 0.1) is 6.54 Å². The van der Waals surface area contributed by atoms with Crippen LogP contribution in [0.25, 0.3) is 0 Å². The molecule has 2 N–H and O–H groups in total. The summed E-state index contributed by atoms with van der Waals surface area (Å²) in [7, 11) is 0. The van der Waals surface area contributed by atoms with Crippen molar-refractivity contribution in [2.75, 3.05) is 18.4 Å². The third-order valence-corrected chi connectivity index (χ3v) is 3.89. The third kappa shape index (κ3) is 2.26. The van der Waals surface area contributed by atoms with Crippen LogP contribution in [0.3, 0.4) is 0 Å². The Labute approximate surface area is 116 Å². The van der Waals surface area contributed by atoms with Gasteiger partial charge in [-0.05, 0) is 18.9 Å². The van der Waals surface area contributed by atoms with Crippen molar-refractivity contribution < 1.29 is 14.7 Å². The van der Waals surface area contributed by atoms with Crippen molar-refractivity contribution >= 4 is 17.9 Å². The molecule has 0 saturated carbocycles. The Hall–Kier alpha value is -2.31. The van der Waals surface area contributed by atoms with E-state index in [0.717, 1.165) is 5.56 Å². The molecule has 0 aliphatic carbocycles. The average molecular weight is 276 g/mol. The number of carbonyl (C=O) groups excluding carboxylic acids is 1. The molecule has 106 valence electrons. The largest absolute Gasteiger partial charge is 0.465 e. The van der Waals surface area contributed by atoms with Gasteiger partial charge in [0.25, 0.3) is 0 Å². The van der Waals surface area contributed by atoms with Crippen molar-refractivity contribution in [2.45, 2.75) is 25.4 Å². The number of carbonyl (C=O) groups is 2. The van der Waals surface area contributed by atoms with E-state index < -0.39 is 6.09 Å². The number of fused-ring (bicyclic) bond motifs is 1. The summed E-state index contributed by atoms with van der Waals surface area (Å²) in [5.74, 6) is 0.622. The van der Waals surface area contributed by atoms with Gasteiger partial charge in [-0.2, -0.15) is 0 Å². The van der Waals surface area contributed by atoms with Gasteiger partial charge in [0, 0.05) is 30.9 Å². The zero-order valence-electron chi connectivity index (χ0n) is 11.0. The fourth-order valence-electron chi connectivity index (χ4n) is 2.77. The minimum Gasteiger partial charge on any atom is -0.465 e. The summed E-state index contributed by atoms with van der Waals surface area (Å²) in [6, 6.07) is 3.73. The number of urea groups is 1. The smallest absolute Gasteiger partial charge is 0.407 e. The second kappa shape index (κ2) is 4.99. The number of anilines is 1. The fourth-order valence-corrected chi connectivity index (χ4v) is 2.77. The molecule has 1 fully saturated rings. The van der Waals surface area contributed by atoms with Crippen LogP contribution < -0.4 is 5.32 Å². The Bertz CT molecular complexity index is 540. The second-order valence-electron chi connectivity index (χ2n) is 5.07. The maximum Gasteiger partial charge on any atom is 0.407 e. The van der Waals surface area contributed by atoms with E-state index in [1.807, 2.05) is 12.1 Å². The average Bonchev–Trinajstić information content (AvgIpc) is 2.46. The van der Waals surface area contributed by atoms with Crippen LogP contribution in [0.1, 0.15) is 18.4 Å². The van der Waals surface area contributed by atoms with Gasteiger partial charge >= 0.3 is 12.1 Å². The lowest BCUT2D eigenvalue weighted by molar-refractivity contribution is 0.104. The van der Waals surface area contributed by atoms with Crippen LogP contribution in [0.15, 0.2) is 18.3 Å². The molecule has 3 rings (SSSR count). The molecule has 1 aromatic rings. The summed E-state index contributed by atoms with van der Waals surface area (Å²) >= 11 is 0. The van der Waals surface area contributed by atoms with E-state index in [0.29, 0.717) is 38.3 Å². The minimum absolute atomic E-state index is 0.0824. The Morgan fingerprint density at radius 1 is 1.40 bits per heavy atom. The summed E-state index contributed by atoms with van der Waals surface area (Å²) in [5, 5.41) is 11.7. The zero-order valence-corrected chi connectivity index (χ0v) is 11.0. The van der Waals surface area contributed by atoms with Crippen LogP contribution in [-0.4, -0.2) is 51.1 Å². The summed E-state index contributed by atoms with van der Waals surface area (Å²) in [6.07, 6.45) is 2.12. The first-order chi connectivity index (χ1) is 9.65. The predicted octanol–water partition coefficient (Wildman–Crippen LogP) is 1.57. The number of rotatable bonds is 1. The molecule has 3 heterocycles. The highest BCUT2D eigenvalue weighted by atomic mass is 16.4. The Morgan fingerprint density at radius 3 is 2.85 bits per heavy atom. The molecule has 2 aliphatic rings. The third-order valence-electron chi connectivity index (χ3n) is 3.89. The number of piperidine rings is 1. The summed E-state index contributed by atoms with van der Waals surface area (Å²) in [6.45, 7) is 1.49. The van der Waals surface area contributed by atoms with Gasteiger partial charge in [0.1, 0.15) is 5.82 Å². The lowest BCUT2D eigenvalue weighted by atomic mass is 10.0. The van der Waals surface area contributed by atoms with Gasteiger partial charge < -0.3 is 14.9 Å². The SMILES string of the molecule is O=C(O)N1CCC(N2Cc3cccnc3NC2=O)CC1. The van der Waals surface area contributed by atoms with Gasteiger partial charge in [-0.3, -0.25) is 5.32 Å². The molecule has 1 saturated heterocycles. The number of nitrogens with one attached hydrogen (secondary N) is 1. The maximum atomic E-state index is 12.1. The first-order valence-electron chi connectivity index (χ1n) is 6.64. The number of nitrogens with zero attached hydrogens (tertiary/aromatic N) is 3. The Morgan fingerprint density at radius 2 is 2.15 bits per heavy atom. The number of hydrogen-bond donors (Lipinski definition) is 2. The van der Waals surface area contributed by atoms with E-state index in [4.69, 9.17) is 5.11 Å². The molecule has 0 unspecified atom stereocenters. The fraction of sp³-hybridized carbons (Fsp3) is 0.462. The van der Waals surface area contributed by atoms with Crippen molar-refractivity contribution in [3.8, 4) is 0 Å². The predicted molar refractivity (Wildman–Crippen MR) is 71.4 cm³/mol. The lowest BCUT2D eigenvalue weighted by Crippen LogP contribution is -2.51. The van der Waals surface area contributed by atoms with Crippen LogP contribution in [0.5, 0.6) is 0 Å². The van der Waals surface area contributed by atoms with Gasteiger partial charge in [0.2, 0.25) is 0 Å². The summed E-state index contributed by atoms with van der Waals surface area (Å²) in [5.41, 5.74) is 0.993. The minimum atomic E-state index is -0.888. The van der Waals surface area contributed by atoms with Crippen LogP contribution >= 0.6 is 0 Å². The monoisotopic (exact) mass is 276 g/mol. The first kappa shape index (κ1) is 12.7. The highest BCUT2D eigenvalue weighted by Gasteiger charge is 2.32. The van der Waals surface area contributed by atoms with Crippen molar-refractivity contribution in [1.29, 1.82) is 0 Å². The number of hydrogen-bond acceptors (Lipinski definition) is 3. The Balaban J connectivity index is 1.70. The normalized spacial score (nSPS) is 19.5. The molecule has 7 heteroatoms. The number of carboxylic acid groups (broad SMARTS) is 1. The van der Waals surface area contributed by atoms with E-state index in [2.05, 4.69) is 10.3 Å². The van der Waals surface area contributed by atoms with Gasteiger partial charge in [0.15, 0.2) is 0 Å². The van der Waals surface area contributed by atoms with Crippen LogP contribution in [0.2, 0.25) is 0 Å². The molecule has 0 bridgehead atoms. The highest BCUT2D eigenvalue weighted by Crippen LogP contribution is 2.26. The molecular weight excluding hydrogens is 260 g/mol. The summed E-state index contributed by atoms with van der Waals surface area (Å²) in [4.78, 5) is 30.3. The van der Waals surface area contributed by atoms with Gasteiger partial charge in [-0.1, -0.05) is 6.07 Å². The molecule has 7 nitrogen and oxygen atoms in total. The molecule has 0 atom stereocenters. The van der Waals surface area contributed by atoms with Crippen molar-refractivity contribution in [3.63, 3.8) is 0 Å². The van der Waals surface area contributed by atoms with E-state index >= 15 is 0 Å². The van der Waals surface area contributed by atoms with Crippen LogP contribution in [0, 0.1) is 0 Å². The Kier molecular flexibility index (Phi) is 3.17. The van der Waals surface area contributed by atoms with Gasteiger partial charge in [-0.15, -0.1) is 0 Å². The molecule has 1 aromatic heterocycles. The molecular formula is C13H16N4O3. The molecule has 0 spiro atoms. The standard InChI is InChI=1S/C13H16N4O3/c18-12-15-11-9(2-1-5-14-11)8-17(12)10-3-6-16(7-4-10)13(19)20/h1-2,5,10H,3-4,6-8H2,(H,19,20)(H,14,15,18). The van der Waals surface area contributed by atoms with Crippen molar-refractivity contribution in [2.24, 2.45) is 0 Å². The molecule has 0 aromatic carbocycles. The van der Waals surface area contributed by atoms with Crippen LogP contribution in [0.4, 0.5) is 15.4 Å². The number of likely N-dealkylation sites (tertiary alicyclic amines) is 1. The second-order valence-corrected chi connectivity index (χ2v) is 5.07. The number of aromatic nitrogens is 1. The zero-order chi connectivity index (χ0) is 14.1. The van der Waals surface area contributed by atoms with Crippen molar-refractivity contribution in [1.82, 2.24) is 14.8 Å². The van der Waals surface area contributed by atoms with E-state index in [1.165, 1.54) is 4.90 Å². The molecule has 20 heavy (non-hydrogen) atoms. The molecule has 2 aliphatic heterocycles. The van der Waals surface area contributed by atoms with E-state index in [9.17, 15) is 9.59 Å². The van der Waals surface area contributed by atoms with Crippen LogP contribution in [-0.2, 0) is 6.54 Å². The van der Waals surface area contributed by atoms with Crippen molar-refractivity contribution in [3.05, 3.63) is 23.9 Å².